The fourth-order valence-electron chi connectivity index (χ4n) is 2.47. The number of ether oxygens (including phenoxy) is 1. The van der Waals surface area contributed by atoms with Crippen LogP contribution in [0.15, 0.2) is 0 Å². The molecule has 110 valence electrons. The van der Waals surface area contributed by atoms with Gasteiger partial charge in [0.05, 0.1) is 11.9 Å². The zero-order valence-electron chi connectivity index (χ0n) is 11.6. The molecule has 0 aromatic rings. The lowest BCUT2D eigenvalue weighted by atomic mass is 9.91. The summed E-state index contributed by atoms with van der Waals surface area (Å²) >= 11 is 0. The van der Waals surface area contributed by atoms with E-state index in [-0.39, 0.29) is 6.61 Å². The van der Waals surface area contributed by atoms with Gasteiger partial charge in [-0.25, -0.2) is 8.42 Å². The maximum atomic E-state index is 12.1. The Kier molecular flexibility index (Phi) is 5.97. The zero-order chi connectivity index (χ0) is 14.5. The van der Waals surface area contributed by atoms with Gasteiger partial charge in [-0.3, -0.25) is 9.59 Å². The van der Waals surface area contributed by atoms with Crippen LogP contribution < -0.4 is 0 Å². The van der Waals surface area contributed by atoms with Gasteiger partial charge < -0.3 is 4.74 Å². The van der Waals surface area contributed by atoms with Gasteiger partial charge in [-0.1, -0.05) is 19.8 Å². The average molecular weight is 290 g/mol. The maximum Gasteiger partial charge on any atom is 0.313 e. The van der Waals surface area contributed by atoms with Crippen molar-refractivity contribution in [3.63, 3.8) is 0 Å². The molecule has 0 bridgehead atoms. The third kappa shape index (κ3) is 5.30. The fourth-order valence-corrected chi connectivity index (χ4v) is 4.41. The molecule has 1 aliphatic carbocycles. The summed E-state index contributed by atoms with van der Waals surface area (Å²) in [5.74, 6) is -1.38. The van der Waals surface area contributed by atoms with Crippen LogP contribution in [0, 0.1) is 5.92 Å². The first-order valence-electron chi connectivity index (χ1n) is 6.74. The lowest BCUT2D eigenvalue weighted by Crippen LogP contribution is -2.32. The van der Waals surface area contributed by atoms with E-state index in [1.807, 2.05) is 6.92 Å². The summed E-state index contributed by atoms with van der Waals surface area (Å²) in [7, 11) is -3.43. The Hall–Kier alpha value is -0.910. The summed E-state index contributed by atoms with van der Waals surface area (Å²) in [4.78, 5) is 22.7. The molecule has 0 N–H and O–H groups in total. The third-order valence-corrected chi connectivity index (χ3v) is 5.57. The van der Waals surface area contributed by atoms with Gasteiger partial charge >= 0.3 is 5.97 Å². The number of carbonyl (C=O) groups is 2. The molecule has 1 rings (SSSR count). The topological polar surface area (TPSA) is 77.5 Å². The van der Waals surface area contributed by atoms with Crippen LogP contribution in [0.25, 0.3) is 0 Å². The summed E-state index contributed by atoms with van der Waals surface area (Å²) in [5.41, 5.74) is 0. The number of hydrogen-bond acceptors (Lipinski definition) is 5. The first-order chi connectivity index (χ1) is 8.85. The van der Waals surface area contributed by atoms with E-state index in [1.54, 1.807) is 6.92 Å². The highest BCUT2D eigenvalue weighted by Gasteiger charge is 2.32. The minimum atomic E-state index is -3.43. The van der Waals surface area contributed by atoms with E-state index in [0.717, 1.165) is 12.8 Å². The van der Waals surface area contributed by atoms with Crippen LogP contribution in [0.5, 0.6) is 0 Å². The second-order valence-electron chi connectivity index (χ2n) is 5.22. The molecular formula is C13H22O5S. The van der Waals surface area contributed by atoms with E-state index in [9.17, 15) is 18.0 Å². The molecule has 0 radical (unpaired) electrons. The number of ketones is 1. The second kappa shape index (κ2) is 7.03. The lowest BCUT2D eigenvalue weighted by molar-refractivity contribution is -0.145. The molecule has 1 fully saturated rings. The molecule has 5 nitrogen and oxygen atoms in total. The molecule has 0 saturated heterocycles. The Morgan fingerprint density at radius 1 is 1.26 bits per heavy atom. The van der Waals surface area contributed by atoms with Crippen molar-refractivity contribution in [2.24, 2.45) is 5.92 Å². The Morgan fingerprint density at radius 2 is 1.95 bits per heavy atom. The fraction of sp³-hybridized carbons (Fsp3) is 0.846. The van der Waals surface area contributed by atoms with Crippen molar-refractivity contribution >= 4 is 21.6 Å². The quantitative estimate of drug-likeness (QED) is 0.547. The minimum absolute atomic E-state index is 0.193. The molecule has 0 aromatic heterocycles. The molecule has 19 heavy (non-hydrogen) atoms. The Labute approximate surface area is 114 Å². The molecule has 6 heteroatoms. The summed E-state index contributed by atoms with van der Waals surface area (Å²) in [6.45, 7) is 3.86. The molecule has 0 aromatic carbocycles. The van der Waals surface area contributed by atoms with E-state index < -0.39 is 39.0 Å². The van der Waals surface area contributed by atoms with Crippen LogP contribution in [0.3, 0.4) is 0 Å². The van der Waals surface area contributed by atoms with Gasteiger partial charge in [0.1, 0.15) is 12.2 Å². The maximum absolute atomic E-state index is 12.1. The molecule has 0 aliphatic heterocycles. The smallest absolute Gasteiger partial charge is 0.313 e. The van der Waals surface area contributed by atoms with Crippen LogP contribution >= 0.6 is 0 Å². The lowest BCUT2D eigenvalue weighted by Gasteiger charge is -2.26. The van der Waals surface area contributed by atoms with Gasteiger partial charge in [-0.2, -0.15) is 0 Å². The Morgan fingerprint density at radius 3 is 2.53 bits per heavy atom. The predicted molar refractivity (Wildman–Crippen MR) is 71.5 cm³/mol. The van der Waals surface area contributed by atoms with Crippen molar-refractivity contribution in [1.29, 1.82) is 0 Å². The van der Waals surface area contributed by atoms with Gasteiger partial charge in [0.25, 0.3) is 0 Å². The number of esters is 1. The highest BCUT2D eigenvalue weighted by Crippen LogP contribution is 2.28. The zero-order valence-corrected chi connectivity index (χ0v) is 12.4. The minimum Gasteiger partial charge on any atom is -0.466 e. The number of hydrogen-bond donors (Lipinski definition) is 0. The van der Waals surface area contributed by atoms with E-state index in [0.29, 0.717) is 18.8 Å². The molecule has 2 atom stereocenters. The summed E-state index contributed by atoms with van der Waals surface area (Å²) in [6.07, 6.45) is 2.73. The van der Waals surface area contributed by atoms with Gasteiger partial charge in [-0.05, 0) is 25.7 Å². The normalized spacial score (nSPS) is 23.9. The van der Waals surface area contributed by atoms with Crippen molar-refractivity contribution in [1.82, 2.24) is 0 Å². The first kappa shape index (κ1) is 16.1. The largest absolute Gasteiger partial charge is 0.466 e. The van der Waals surface area contributed by atoms with E-state index in [4.69, 9.17) is 0 Å². The SMILES string of the molecule is CCOC(=O)CC(=O)CS(=O)(=O)C1CCCC(C)C1. The van der Waals surface area contributed by atoms with Crippen LogP contribution in [0.4, 0.5) is 0 Å². The molecule has 0 amide bonds. The average Bonchev–Trinajstić information content (AvgIpc) is 2.28. The van der Waals surface area contributed by atoms with E-state index >= 15 is 0 Å². The second-order valence-corrected chi connectivity index (χ2v) is 7.50. The molecular weight excluding hydrogens is 268 g/mol. The monoisotopic (exact) mass is 290 g/mol. The van der Waals surface area contributed by atoms with Crippen LogP contribution in [-0.2, 0) is 24.2 Å². The molecule has 1 aliphatic rings. The van der Waals surface area contributed by atoms with Crippen molar-refractivity contribution in [3.05, 3.63) is 0 Å². The molecule has 1 saturated carbocycles. The number of sulfone groups is 1. The summed E-state index contributed by atoms with van der Waals surface area (Å²) in [5, 5.41) is -0.428. The highest BCUT2D eigenvalue weighted by atomic mass is 32.2. The van der Waals surface area contributed by atoms with E-state index in [2.05, 4.69) is 4.74 Å². The van der Waals surface area contributed by atoms with Crippen molar-refractivity contribution < 1.29 is 22.7 Å². The summed E-state index contributed by atoms with van der Waals surface area (Å²) < 4.78 is 28.9. The van der Waals surface area contributed by atoms with Gasteiger partial charge in [0.15, 0.2) is 15.6 Å². The predicted octanol–water partition coefficient (Wildman–Crippen LogP) is 1.50. The van der Waals surface area contributed by atoms with Crippen LogP contribution in [-0.4, -0.2) is 37.8 Å². The van der Waals surface area contributed by atoms with Gasteiger partial charge in [0, 0.05) is 0 Å². The van der Waals surface area contributed by atoms with Crippen LogP contribution in [0.2, 0.25) is 0 Å². The number of carbonyl (C=O) groups excluding carboxylic acids is 2. The number of Topliss-reactive ketones (excluding diaryl/α,β-unsaturated/α-hetero) is 1. The third-order valence-electron chi connectivity index (χ3n) is 3.41. The summed E-state index contributed by atoms with van der Waals surface area (Å²) in [6, 6.07) is 0. The van der Waals surface area contributed by atoms with Gasteiger partial charge in [-0.15, -0.1) is 0 Å². The highest BCUT2D eigenvalue weighted by molar-refractivity contribution is 7.92. The van der Waals surface area contributed by atoms with Gasteiger partial charge in [0.2, 0.25) is 0 Å². The van der Waals surface area contributed by atoms with Crippen LogP contribution in [0.1, 0.15) is 46.0 Å². The Bertz CT molecular complexity index is 426. The number of rotatable bonds is 6. The standard InChI is InChI=1S/C13H22O5S/c1-3-18-13(15)8-11(14)9-19(16,17)12-6-4-5-10(2)7-12/h10,12H,3-9H2,1-2H3. The van der Waals surface area contributed by atoms with Crippen molar-refractivity contribution in [3.8, 4) is 0 Å². The van der Waals surface area contributed by atoms with E-state index in [1.165, 1.54) is 0 Å². The first-order valence-corrected chi connectivity index (χ1v) is 8.45. The van der Waals surface area contributed by atoms with Crippen molar-refractivity contribution in [2.75, 3.05) is 12.4 Å². The molecule has 0 heterocycles. The molecule has 2 unspecified atom stereocenters. The van der Waals surface area contributed by atoms with Crippen molar-refractivity contribution in [2.45, 2.75) is 51.2 Å². The molecule has 0 spiro atoms. The Balaban J connectivity index is 2.54.